The van der Waals surface area contributed by atoms with E-state index in [0.717, 1.165) is 60.3 Å². The van der Waals surface area contributed by atoms with Crippen LogP contribution in [0.25, 0.3) is 10.4 Å². The lowest BCUT2D eigenvalue weighted by Gasteiger charge is -2.27. The lowest BCUT2D eigenvalue weighted by Crippen LogP contribution is -2.29. The Morgan fingerprint density at radius 3 is 2.81 bits per heavy atom. The molecule has 31 heavy (non-hydrogen) atoms. The molecule has 6 heteroatoms. The van der Waals surface area contributed by atoms with Gasteiger partial charge < -0.3 is 4.74 Å². The van der Waals surface area contributed by atoms with Crippen LogP contribution in [0, 0.1) is 0 Å². The highest BCUT2D eigenvalue weighted by molar-refractivity contribution is 7.15. The van der Waals surface area contributed by atoms with E-state index in [9.17, 15) is 4.79 Å². The molecule has 0 saturated carbocycles. The molecule has 1 atom stereocenters. The Bertz CT molecular complexity index is 1120. The number of ketones is 1. The summed E-state index contributed by atoms with van der Waals surface area (Å²) in [6, 6.07) is 9.28. The molecule has 3 aromatic rings. The highest BCUT2D eigenvalue weighted by Gasteiger charge is 2.23. The number of fused-ring (bicyclic) bond motifs is 2. The molecule has 5 rings (SSSR count). The largest absolute Gasteiger partial charge is 0.491 e. The van der Waals surface area contributed by atoms with Crippen LogP contribution >= 0.6 is 11.3 Å². The molecule has 0 N–H and O–H groups in total. The molecule has 0 saturated heterocycles. The van der Waals surface area contributed by atoms with Crippen LogP contribution in [0.4, 0.5) is 0 Å². The normalized spacial score (nSPS) is 16.8. The van der Waals surface area contributed by atoms with Gasteiger partial charge in [-0.2, -0.15) is 0 Å². The van der Waals surface area contributed by atoms with Gasteiger partial charge in [-0.25, -0.2) is 4.98 Å². The van der Waals surface area contributed by atoms with E-state index in [4.69, 9.17) is 4.74 Å². The molecule has 5 nitrogen and oxygen atoms in total. The third kappa shape index (κ3) is 4.27. The summed E-state index contributed by atoms with van der Waals surface area (Å²) in [5.74, 6) is 1.11. The minimum absolute atomic E-state index is 0.155. The Labute approximate surface area is 187 Å². The zero-order valence-electron chi connectivity index (χ0n) is 18.1. The van der Waals surface area contributed by atoms with E-state index in [1.54, 1.807) is 18.3 Å². The first-order valence-electron chi connectivity index (χ1n) is 11.0. The van der Waals surface area contributed by atoms with Crippen LogP contribution in [-0.2, 0) is 30.5 Å². The lowest BCUT2D eigenvalue weighted by atomic mass is 10.00. The number of hydrogen-bond donors (Lipinski definition) is 0. The molecule has 0 amide bonds. The molecule has 2 aliphatic heterocycles. The van der Waals surface area contributed by atoms with E-state index in [1.165, 1.54) is 22.3 Å². The topological polar surface area (TPSA) is 55.3 Å². The van der Waals surface area contributed by atoms with E-state index < -0.39 is 0 Å². The van der Waals surface area contributed by atoms with Crippen LogP contribution < -0.4 is 4.74 Å². The molecular weight excluding hydrogens is 406 g/mol. The molecule has 0 bridgehead atoms. The van der Waals surface area contributed by atoms with Gasteiger partial charge in [0.2, 0.25) is 0 Å². The first-order valence-corrected chi connectivity index (χ1v) is 11.8. The summed E-state index contributed by atoms with van der Waals surface area (Å²) in [6.45, 7) is 6.69. The Balaban J connectivity index is 1.31. The van der Waals surface area contributed by atoms with Crippen LogP contribution in [0.3, 0.4) is 0 Å². The molecule has 1 aromatic carbocycles. The predicted molar refractivity (Wildman–Crippen MR) is 123 cm³/mol. The number of hydrogen-bond acceptors (Lipinski definition) is 6. The van der Waals surface area contributed by atoms with E-state index in [2.05, 4.69) is 46.1 Å². The number of nitrogens with zero attached hydrogens (tertiary/aromatic N) is 3. The van der Waals surface area contributed by atoms with Crippen LogP contribution in [-0.4, -0.2) is 40.3 Å². The summed E-state index contributed by atoms with van der Waals surface area (Å²) in [5, 5.41) is 0.893. The van der Waals surface area contributed by atoms with Crippen LogP contribution in [0.15, 0.2) is 36.7 Å². The van der Waals surface area contributed by atoms with Gasteiger partial charge in [0.1, 0.15) is 16.5 Å². The van der Waals surface area contributed by atoms with E-state index in [0.29, 0.717) is 12.5 Å². The summed E-state index contributed by atoms with van der Waals surface area (Å²) in [5.41, 5.74) is 6.37. The van der Waals surface area contributed by atoms with Crippen molar-refractivity contribution in [3.8, 4) is 16.2 Å². The molecule has 0 fully saturated rings. The van der Waals surface area contributed by atoms with Crippen molar-refractivity contribution in [2.45, 2.75) is 45.6 Å². The van der Waals surface area contributed by atoms with Gasteiger partial charge in [-0.15, -0.1) is 11.3 Å². The average molecular weight is 434 g/mol. The van der Waals surface area contributed by atoms with Gasteiger partial charge >= 0.3 is 0 Å². The second-order valence-electron chi connectivity index (χ2n) is 8.50. The molecule has 0 spiro atoms. The van der Waals surface area contributed by atoms with Gasteiger partial charge in [-0.1, -0.05) is 12.1 Å². The van der Waals surface area contributed by atoms with Gasteiger partial charge in [-0.3, -0.25) is 14.7 Å². The number of aromatic nitrogens is 2. The third-order valence-electron chi connectivity index (χ3n) is 6.36. The van der Waals surface area contributed by atoms with Gasteiger partial charge in [-0.05, 0) is 61.1 Å². The maximum Gasteiger partial charge on any atom is 0.141 e. The fraction of sp³-hybridized carbons (Fsp3) is 0.400. The first kappa shape index (κ1) is 20.3. The number of carbonyl (C=O) groups excluding carboxylic acids is 1. The van der Waals surface area contributed by atoms with E-state index in [1.807, 2.05) is 12.4 Å². The minimum atomic E-state index is 0.155. The first-order chi connectivity index (χ1) is 15.1. The number of ether oxygens (including phenoxy) is 1. The van der Waals surface area contributed by atoms with Crippen LogP contribution in [0.1, 0.15) is 47.3 Å². The molecular formula is C25H27N3O2S. The number of pyridine rings is 1. The van der Waals surface area contributed by atoms with Crippen molar-refractivity contribution in [1.82, 2.24) is 14.9 Å². The van der Waals surface area contributed by atoms with Crippen molar-refractivity contribution in [1.29, 1.82) is 0 Å². The number of carbonyl (C=O) groups is 1. The quantitative estimate of drug-likeness (QED) is 0.596. The maximum absolute atomic E-state index is 11.4. The smallest absolute Gasteiger partial charge is 0.141 e. The van der Waals surface area contributed by atoms with Crippen molar-refractivity contribution < 1.29 is 9.53 Å². The van der Waals surface area contributed by atoms with Crippen LogP contribution in [0.2, 0.25) is 0 Å². The van der Waals surface area contributed by atoms with Gasteiger partial charge in [0, 0.05) is 37.9 Å². The SMILES string of the molecule is CC(=O)Cc1ncc(-c2ccc3c(c2)CCN([C@@H](C)c2cnc4c(c2)OCC4)CC3)s1. The van der Waals surface area contributed by atoms with Crippen molar-refractivity contribution in [3.63, 3.8) is 0 Å². The highest BCUT2D eigenvalue weighted by Crippen LogP contribution is 2.32. The standard InChI is InChI=1S/C25H27N3O2S/c1-16(29)11-25-27-15-24(31-25)20-4-3-18-5-8-28(9-6-19(18)12-20)17(2)21-13-23-22(26-14-21)7-10-30-23/h3-4,12-15,17H,5-11H2,1-2H3/t17-/m0/s1. The van der Waals surface area contributed by atoms with E-state index >= 15 is 0 Å². The van der Waals surface area contributed by atoms with Gasteiger partial charge in [0.25, 0.3) is 0 Å². The minimum Gasteiger partial charge on any atom is -0.491 e. The predicted octanol–water partition coefficient (Wildman–Crippen LogP) is 4.43. The Morgan fingerprint density at radius 2 is 1.97 bits per heavy atom. The lowest BCUT2D eigenvalue weighted by molar-refractivity contribution is -0.116. The Hall–Kier alpha value is -2.57. The summed E-state index contributed by atoms with van der Waals surface area (Å²) in [4.78, 5) is 24.1. The second-order valence-corrected chi connectivity index (χ2v) is 9.62. The van der Waals surface area contributed by atoms with E-state index in [-0.39, 0.29) is 5.78 Å². The number of Topliss-reactive ketones (excluding diaryl/α,β-unsaturated/α-hetero) is 1. The fourth-order valence-corrected chi connectivity index (χ4v) is 5.50. The highest BCUT2D eigenvalue weighted by atomic mass is 32.1. The number of thiazole rings is 1. The van der Waals surface area contributed by atoms with Gasteiger partial charge in [0.05, 0.1) is 23.6 Å². The fourth-order valence-electron chi connectivity index (χ4n) is 4.52. The molecule has 0 unspecified atom stereocenters. The zero-order valence-corrected chi connectivity index (χ0v) is 18.9. The summed E-state index contributed by atoms with van der Waals surface area (Å²) in [6.07, 6.45) is 7.34. The maximum atomic E-state index is 11.4. The van der Waals surface area contributed by atoms with Crippen molar-refractivity contribution in [3.05, 3.63) is 64.1 Å². The van der Waals surface area contributed by atoms with Crippen LogP contribution in [0.5, 0.6) is 5.75 Å². The average Bonchev–Trinajstić information content (AvgIpc) is 3.37. The second kappa shape index (κ2) is 8.52. The zero-order chi connectivity index (χ0) is 21.4. The summed E-state index contributed by atoms with van der Waals surface area (Å²) < 4.78 is 5.73. The molecule has 0 radical (unpaired) electrons. The molecule has 160 valence electrons. The summed E-state index contributed by atoms with van der Waals surface area (Å²) in [7, 11) is 0. The van der Waals surface area contributed by atoms with Crippen molar-refractivity contribution in [2.75, 3.05) is 19.7 Å². The molecule has 4 heterocycles. The molecule has 2 aliphatic rings. The van der Waals surface area contributed by atoms with Crippen molar-refractivity contribution >= 4 is 17.1 Å². The van der Waals surface area contributed by atoms with Crippen molar-refractivity contribution in [2.24, 2.45) is 0 Å². The number of benzene rings is 1. The molecule has 0 aliphatic carbocycles. The Morgan fingerprint density at radius 1 is 1.13 bits per heavy atom. The molecule has 2 aromatic heterocycles. The third-order valence-corrected chi connectivity index (χ3v) is 7.41. The Kier molecular flexibility index (Phi) is 5.59. The monoisotopic (exact) mass is 433 g/mol. The number of rotatable bonds is 5. The summed E-state index contributed by atoms with van der Waals surface area (Å²) >= 11 is 1.62. The van der Waals surface area contributed by atoms with Gasteiger partial charge in [0.15, 0.2) is 0 Å².